The molecule has 16 heavy (non-hydrogen) atoms. The van der Waals surface area contributed by atoms with Gasteiger partial charge in [0.1, 0.15) is 5.78 Å². The third-order valence-corrected chi connectivity index (χ3v) is 4.35. The van der Waals surface area contributed by atoms with Crippen molar-refractivity contribution < 1.29 is 9.53 Å². The van der Waals surface area contributed by atoms with Crippen LogP contribution in [-0.2, 0) is 9.53 Å². The minimum Gasteiger partial charge on any atom is -0.379 e. The van der Waals surface area contributed by atoms with Crippen molar-refractivity contribution in [2.75, 3.05) is 13.2 Å². The lowest BCUT2D eigenvalue weighted by molar-refractivity contribution is -0.129. The van der Waals surface area contributed by atoms with E-state index in [9.17, 15) is 4.79 Å². The van der Waals surface area contributed by atoms with Gasteiger partial charge in [-0.15, -0.1) is 0 Å². The number of nitrogens with two attached hydrogens (primary N) is 1. The minimum atomic E-state index is -0.419. The van der Waals surface area contributed by atoms with Gasteiger partial charge in [-0.25, -0.2) is 0 Å². The first-order valence-corrected chi connectivity index (χ1v) is 6.49. The Morgan fingerprint density at radius 2 is 2.06 bits per heavy atom. The molecular weight excluding hydrogens is 202 g/mol. The maximum absolute atomic E-state index is 12.3. The molecule has 0 aromatic carbocycles. The van der Waals surface area contributed by atoms with Gasteiger partial charge >= 0.3 is 0 Å². The van der Waals surface area contributed by atoms with Crippen LogP contribution in [0.1, 0.15) is 45.4 Å². The summed E-state index contributed by atoms with van der Waals surface area (Å²) in [6.07, 6.45) is 7.07. The van der Waals surface area contributed by atoms with Gasteiger partial charge in [0.05, 0.1) is 18.6 Å². The molecular formula is C13H23NO2. The average Bonchev–Trinajstić information content (AvgIpc) is 2.62. The van der Waals surface area contributed by atoms with E-state index in [0.717, 1.165) is 0 Å². The Labute approximate surface area is 97.7 Å². The highest BCUT2D eigenvalue weighted by Crippen LogP contribution is 2.34. The van der Waals surface area contributed by atoms with E-state index in [1.54, 1.807) is 0 Å². The van der Waals surface area contributed by atoms with Crippen LogP contribution in [0.5, 0.6) is 0 Å². The highest BCUT2D eigenvalue weighted by Gasteiger charge is 2.44. The van der Waals surface area contributed by atoms with E-state index in [-0.39, 0.29) is 6.04 Å². The third kappa shape index (κ3) is 2.30. The van der Waals surface area contributed by atoms with Gasteiger partial charge in [-0.1, -0.05) is 32.1 Å². The average molecular weight is 225 g/mol. The molecule has 3 heteroatoms. The fraction of sp³-hybridized carbons (Fsp3) is 0.923. The zero-order chi connectivity index (χ0) is 11.6. The number of carbonyl (C=O) groups is 1. The molecule has 1 aliphatic carbocycles. The largest absolute Gasteiger partial charge is 0.379 e. The van der Waals surface area contributed by atoms with Crippen molar-refractivity contribution in [3.63, 3.8) is 0 Å². The van der Waals surface area contributed by atoms with E-state index in [4.69, 9.17) is 10.5 Å². The minimum absolute atomic E-state index is 0.108. The summed E-state index contributed by atoms with van der Waals surface area (Å²) in [6.45, 7) is 3.02. The van der Waals surface area contributed by atoms with Crippen LogP contribution in [-0.4, -0.2) is 25.0 Å². The summed E-state index contributed by atoms with van der Waals surface area (Å²) in [4.78, 5) is 12.3. The van der Waals surface area contributed by atoms with Crippen molar-refractivity contribution in [3.05, 3.63) is 0 Å². The van der Waals surface area contributed by atoms with Crippen molar-refractivity contribution in [1.29, 1.82) is 0 Å². The Morgan fingerprint density at radius 3 is 2.62 bits per heavy atom. The van der Waals surface area contributed by atoms with Gasteiger partial charge in [0.25, 0.3) is 0 Å². The molecule has 2 unspecified atom stereocenters. The van der Waals surface area contributed by atoms with Gasteiger partial charge in [0.15, 0.2) is 0 Å². The molecule has 0 aromatic rings. The topological polar surface area (TPSA) is 52.3 Å². The van der Waals surface area contributed by atoms with Crippen molar-refractivity contribution in [3.8, 4) is 0 Å². The summed E-state index contributed by atoms with van der Waals surface area (Å²) in [5, 5.41) is 0. The molecule has 3 nitrogen and oxygen atoms in total. The molecule has 0 amide bonds. The van der Waals surface area contributed by atoms with Crippen LogP contribution in [0.4, 0.5) is 0 Å². The summed E-state index contributed by atoms with van der Waals surface area (Å²) < 4.78 is 5.34. The van der Waals surface area contributed by atoms with Crippen molar-refractivity contribution in [2.24, 2.45) is 17.1 Å². The lowest BCUT2D eigenvalue weighted by Crippen LogP contribution is -2.45. The van der Waals surface area contributed by atoms with Crippen LogP contribution in [0.3, 0.4) is 0 Å². The molecule has 2 aliphatic rings. The molecule has 0 spiro atoms. The smallest absolute Gasteiger partial charge is 0.142 e. The monoisotopic (exact) mass is 225 g/mol. The molecule has 1 saturated carbocycles. The fourth-order valence-electron chi connectivity index (χ4n) is 2.86. The van der Waals surface area contributed by atoms with E-state index in [1.807, 2.05) is 6.92 Å². The van der Waals surface area contributed by atoms with E-state index in [0.29, 0.717) is 31.3 Å². The van der Waals surface area contributed by atoms with Crippen LogP contribution in [0.25, 0.3) is 0 Å². The Balaban J connectivity index is 1.91. The van der Waals surface area contributed by atoms with Crippen LogP contribution >= 0.6 is 0 Å². The molecule has 2 rings (SSSR count). The molecule has 2 atom stereocenters. The number of ketones is 1. The summed E-state index contributed by atoms with van der Waals surface area (Å²) in [5.41, 5.74) is 5.55. The van der Waals surface area contributed by atoms with Crippen LogP contribution < -0.4 is 5.73 Å². The van der Waals surface area contributed by atoms with Gasteiger partial charge in [0.2, 0.25) is 0 Å². The first-order chi connectivity index (χ1) is 7.63. The molecule has 0 radical (unpaired) electrons. The highest BCUT2D eigenvalue weighted by atomic mass is 16.5. The van der Waals surface area contributed by atoms with Crippen molar-refractivity contribution >= 4 is 5.78 Å². The molecule has 2 fully saturated rings. The van der Waals surface area contributed by atoms with E-state index < -0.39 is 5.41 Å². The Hall–Kier alpha value is -0.410. The predicted molar refractivity (Wildman–Crippen MR) is 63.1 cm³/mol. The fourth-order valence-corrected chi connectivity index (χ4v) is 2.86. The summed E-state index contributed by atoms with van der Waals surface area (Å²) in [5.74, 6) is 0.926. The molecule has 1 saturated heterocycles. The van der Waals surface area contributed by atoms with E-state index >= 15 is 0 Å². The second kappa shape index (κ2) is 4.84. The van der Waals surface area contributed by atoms with Gasteiger partial charge in [-0.2, -0.15) is 0 Å². The van der Waals surface area contributed by atoms with Gasteiger partial charge in [0, 0.05) is 12.5 Å². The van der Waals surface area contributed by atoms with Gasteiger partial charge < -0.3 is 10.5 Å². The predicted octanol–water partition coefficient (Wildman–Crippen LogP) is 1.89. The van der Waals surface area contributed by atoms with Crippen LogP contribution in [0.15, 0.2) is 0 Å². The number of Topliss-reactive ketones (excluding diaryl/α,β-unsaturated/α-hetero) is 1. The molecule has 0 bridgehead atoms. The van der Waals surface area contributed by atoms with Crippen LogP contribution in [0, 0.1) is 11.3 Å². The summed E-state index contributed by atoms with van der Waals surface area (Å²) in [7, 11) is 0. The number of hydrogen-bond donors (Lipinski definition) is 1. The summed E-state index contributed by atoms with van der Waals surface area (Å²) in [6, 6.07) is -0.108. The first kappa shape index (κ1) is 12.1. The van der Waals surface area contributed by atoms with Gasteiger partial charge in [-0.3, -0.25) is 4.79 Å². The Bertz CT molecular complexity index is 261. The molecule has 1 heterocycles. The number of hydrogen-bond acceptors (Lipinski definition) is 3. The van der Waals surface area contributed by atoms with Gasteiger partial charge in [-0.05, 0) is 12.8 Å². The van der Waals surface area contributed by atoms with E-state index in [2.05, 4.69) is 0 Å². The quantitative estimate of drug-likeness (QED) is 0.798. The second-order valence-corrected chi connectivity index (χ2v) is 5.67. The highest BCUT2D eigenvalue weighted by molar-refractivity contribution is 5.86. The maximum Gasteiger partial charge on any atom is 0.142 e. The Morgan fingerprint density at radius 1 is 1.38 bits per heavy atom. The molecule has 0 aromatic heterocycles. The third-order valence-electron chi connectivity index (χ3n) is 4.35. The number of rotatable bonds is 3. The standard InChI is InChI=1S/C13H23NO2/c1-13(9-16-8-11(13)14)12(15)7-10-5-3-2-4-6-10/h10-11H,2-9,14H2,1H3. The van der Waals surface area contributed by atoms with E-state index in [1.165, 1.54) is 32.1 Å². The SMILES string of the molecule is CC1(C(=O)CC2CCCCC2)COCC1N. The number of ether oxygens (including phenoxy) is 1. The Kier molecular flexibility index (Phi) is 3.65. The molecule has 2 N–H and O–H groups in total. The lowest BCUT2D eigenvalue weighted by atomic mass is 9.75. The first-order valence-electron chi connectivity index (χ1n) is 6.49. The lowest BCUT2D eigenvalue weighted by Gasteiger charge is -2.28. The van der Waals surface area contributed by atoms with Crippen LogP contribution in [0.2, 0.25) is 0 Å². The van der Waals surface area contributed by atoms with Crippen molar-refractivity contribution in [2.45, 2.75) is 51.5 Å². The normalized spacial score (nSPS) is 36.5. The zero-order valence-corrected chi connectivity index (χ0v) is 10.2. The zero-order valence-electron chi connectivity index (χ0n) is 10.2. The summed E-state index contributed by atoms with van der Waals surface area (Å²) >= 11 is 0. The molecule has 92 valence electrons. The maximum atomic E-state index is 12.3. The number of carbonyl (C=O) groups excluding carboxylic acids is 1. The second-order valence-electron chi connectivity index (χ2n) is 5.67. The molecule has 1 aliphatic heterocycles. The van der Waals surface area contributed by atoms with Crippen molar-refractivity contribution in [1.82, 2.24) is 0 Å².